The van der Waals surface area contributed by atoms with E-state index < -0.39 is 17.7 Å². The molecule has 0 aromatic rings. The summed E-state index contributed by atoms with van der Waals surface area (Å²) in [6.07, 6.45) is 0.833. The van der Waals surface area contributed by atoms with Crippen LogP contribution in [-0.4, -0.2) is 22.8 Å². The maximum atomic E-state index is 9.25. The second-order valence-electron chi connectivity index (χ2n) is 3.01. The summed E-state index contributed by atoms with van der Waals surface area (Å²) >= 11 is 0. The highest BCUT2D eigenvalue weighted by Crippen LogP contribution is 1.99. The zero-order valence-electron chi connectivity index (χ0n) is 8.36. The molecule has 0 heterocycles. The van der Waals surface area contributed by atoms with Crippen LogP contribution < -0.4 is 22.9 Å². The van der Waals surface area contributed by atoms with Gasteiger partial charge in [-0.3, -0.25) is 22.9 Å². The Morgan fingerprint density at radius 2 is 1.50 bits per heavy atom. The summed E-state index contributed by atoms with van der Waals surface area (Å²) < 4.78 is 4.74. The van der Waals surface area contributed by atoms with Crippen LogP contribution in [0.5, 0.6) is 0 Å². The van der Waals surface area contributed by atoms with Crippen LogP contribution in [-0.2, 0) is 9.53 Å². The lowest BCUT2D eigenvalue weighted by molar-refractivity contribution is -0.131. The molecule has 9 N–H and O–H groups in total. The van der Waals surface area contributed by atoms with E-state index in [9.17, 15) is 4.79 Å². The lowest BCUT2D eigenvalue weighted by atomic mass is 10.4. The van der Waals surface area contributed by atoms with Crippen molar-refractivity contribution in [1.29, 1.82) is 0 Å². The predicted molar refractivity (Wildman–Crippen MR) is 52.5 cm³/mol. The summed E-state index contributed by atoms with van der Waals surface area (Å²) in [6.45, 7) is 5.89. The van der Waals surface area contributed by atoms with E-state index >= 15 is 0 Å². The molecule has 0 saturated heterocycles. The predicted octanol–water partition coefficient (Wildman–Crippen LogP) is -1.56. The highest BCUT2D eigenvalue weighted by Gasteiger charge is 2.22. The van der Waals surface area contributed by atoms with Crippen molar-refractivity contribution in [2.75, 3.05) is 0 Å². The summed E-state index contributed by atoms with van der Waals surface area (Å²) in [5, 5.41) is 7.60. The minimum Gasteiger partial charge on any atom is -0.478 e. The van der Waals surface area contributed by atoms with Crippen molar-refractivity contribution in [2.24, 2.45) is 22.9 Å². The molecule has 0 radical (unpaired) electrons. The van der Waals surface area contributed by atoms with Crippen LogP contribution in [0, 0.1) is 0 Å². The van der Waals surface area contributed by atoms with Gasteiger partial charge in [-0.2, -0.15) is 0 Å². The van der Waals surface area contributed by atoms with E-state index in [1.165, 1.54) is 13.8 Å². The molecule has 0 spiro atoms. The number of nitrogens with two attached hydrogens (primary N) is 4. The summed E-state index contributed by atoms with van der Waals surface area (Å²) in [5.74, 6) is -3.51. The van der Waals surface area contributed by atoms with Crippen molar-refractivity contribution in [3.8, 4) is 0 Å². The van der Waals surface area contributed by atoms with Gasteiger partial charge in [-0.15, -0.1) is 0 Å². The molecule has 0 atom stereocenters. The molecule has 0 unspecified atom stereocenters. The fraction of sp³-hybridized carbons (Fsp3) is 0.571. The molecule has 0 aliphatic rings. The molecule has 14 heavy (non-hydrogen) atoms. The topological polar surface area (TPSA) is 151 Å². The monoisotopic (exact) mass is 206 g/mol. The summed E-state index contributed by atoms with van der Waals surface area (Å²) in [6, 6.07) is 0. The van der Waals surface area contributed by atoms with Crippen LogP contribution in [0.2, 0.25) is 0 Å². The Morgan fingerprint density at radius 3 is 1.50 bits per heavy atom. The first-order valence-electron chi connectivity index (χ1n) is 3.69. The summed E-state index contributed by atoms with van der Waals surface area (Å²) in [7, 11) is 0. The standard InChI is InChI=1S/C4H14N4O.C3H4O2/c1-3(5,6)9-4(2,7)8;1-2-3(4)5/h5-8H2,1-2H3;2H,1H2,(H,4,5). The Morgan fingerprint density at radius 1 is 1.29 bits per heavy atom. The maximum Gasteiger partial charge on any atom is 0.327 e. The van der Waals surface area contributed by atoms with Crippen LogP contribution in [0.1, 0.15) is 13.8 Å². The van der Waals surface area contributed by atoms with Crippen LogP contribution in [0.4, 0.5) is 0 Å². The van der Waals surface area contributed by atoms with E-state index in [1.807, 2.05) is 0 Å². The number of carboxylic acids is 1. The number of aliphatic carboxylic acids is 1. The molecule has 7 heteroatoms. The van der Waals surface area contributed by atoms with Gasteiger partial charge in [0.15, 0.2) is 11.7 Å². The fourth-order valence-corrected chi connectivity index (χ4v) is 0.474. The van der Waals surface area contributed by atoms with Gasteiger partial charge in [-0.25, -0.2) is 4.79 Å². The smallest absolute Gasteiger partial charge is 0.327 e. The summed E-state index contributed by atoms with van der Waals surface area (Å²) in [5.41, 5.74) is 20.9. The van der Waals surface area contributed by atoms with E-state index in [0.29, 0.717) is 0 Å². The molecule has 0 saturated carbocycles. The molecule has 0 bridgehead atoms. The first kappa shape index (κ1) is 15.5. The third-order valence-corrected chi connectivity index (χ3v) is 0.614. The first-order valence-corrected chi connectivity index (χ1v) is 3.69. The molecule has 0 rings (SSSR count). The molecule has 0 fully saturated rings. The van der Waals surface area contributed by atoms with E-state index in [1.54, 1.807) is 0 Å². The van der Waals surface area contributed by atoms with Crippen LogP contribution >= 0.6 is 0 Å². The Hall–Kier alpha value is -0.990. The van der Waals surface area contributed by atoms with Gasteiger partial charge in [0.25, 0.3) is 0 Å². The number of ether oxygens (including phenoxy) is 1. The van der Waals surface area contributed by atoms with Gasteiger partial charge in [-0.1, -0.05) is 6.58 Å². The molecule has 0 aromatic heterocycles. The molecular weight excluding hydrogens is 188 g/mol. The van der Waals surface area contributed by atoms with Gasteiger partial charge in [0, 0.05) is 6.08 Å². The highest BCUT2D eigenvalue weighted by atomic mass is 16.6. The average Bonchev–Trinajstić information content (AvgIpc) is 1.80. The van der Waals surface area contributed by atoms with E-state index in [0.717, 1.165) is 6.08 Å². The largest absolute Gasteiger partial charge is 0.478 e. The van der Waals surface area contributed by atoms with Crippen molar-refractivity contribution in [3.63, 3.8) is 0 Å². The summed E-state index contributed by atoms with van der Waals surface area (Å²) in [4.78, 5) is 9.25. The molecule has 0 aliphatic carbocycles. The minimum atomic E-state index is -1.27. The van der Waals surface area contributed by atoms with Gasteiger partial charge < -0.3 is 9.84 Å². The van der Waals surface area contributed by atoms with Gasteiger partial charge >= 0.3 is 5.97 Å². The van der Waals surface area contributed by atoms with Crippen molar-refractivity contribution >= 4 is 5.97 Å². The molecule has 7 nitrogen and oxygen atoms in total. The second-order valence-corrected chi connectivity index (χ2v) is 3.01. The SMILES string of the molecule is C=CC(=O)O.CC(N)(N)OC(C)(N)N. The van der Waals surface area contributed by atoms with E-state index in [4.69, 9.17) is 32.8 Å². The molecule has 84 valence electrons. The molecule has 0 aliphatic heterocycles. The Kier molecular flexibility index (Phi) is 6.28. The zero-order chi connectivity index (χ0) is 12.0. The minimum absolute atomic E-state index is 0.833. The molecule has 0 amide bonds. The third kappa shape index (κ3) is 22.5. The lowest BCUT2D eigenvalue weighted by Gasteiger charge is -2.28. The van der Waals surface area contributed by atoms with Crippen molar-refractivity contribution in [3.05, 3.63) is 12.7 Å². The highest BCUT2D eigenvalue weighted by molar-refractivity contribution is 5.78. The molecule has 0 aromatic carbocycles. The molecular formula is C7H18N4O3. The first-order chi connectivity index (χ1) is 5.98. The Balaban J connectivity index is 0. The van der Waals surface area contributed by atoms with Gasteiger partial charge in [0.2, 0.25) is 0 Å². The number of rotatable bonds is 3. The normalized spacial score (nSPS) is 11.3. The van der Waals surface area contributed by atoms with Crippen LogP contribution in [0.15, 0.2) is 12.7 Å². The zero-order valence-corrected chi connectivity index (χ0v) is 8.36. The Bertz CT molecular complexity index is 180. The number of hydrogen-bond donors (Lipinski definition) is 5. The van der Waals surface area contributed by atoms with E-state index in [-0.39, 0.29) is 0 Å². The van der Waals surface area contributed by atoms with Gasteiger partial charge in [0.1, 0.15) is 0 Å². The lowest BCUT2D eigenvalue weighted by Crippen LogP contribution is -2.61. The Labute approximate surface area is 82.7 Å². The van der Waals surface area contributed by atoms with Crippen molar-refractivity contribution < 1.29 is 14.6 Å². The van der Waals surface area contributed by atoms with Gasteiger partial charge in [0.05, 0.1) is 0 Å². The van der Waals surface area contributed by atoms with Crippen molar-refractivity contribution in [2.45, 2.75) is 25.5 Å². The number of hydrogen-bond acceptors (Lipinski definition) is 6. The van der Waals surface area contributed by atoms with Crippen molar-refractivity contribution in [1.82, 2.24) is 0 Å². The second kappa shape index (κ2) is 5.68. The van der Waals surface area contributed by atoms with E-state index in [2.05, 4.69) is 6.58 Å². The van der Waals surface area contributed by atoms with Gasteiger partial charge in [-0.05, 0) is 13.8 Å². The average molecular weight is 206 g/mol. The van der Waals surface area contributed by atoms with Crippen LogP contribution in [0.3, 0.4) is 0 Å². The third-order valence-electron chi connectivity index (χ3n) is 0.614. The van der Waals surface area contributed by atoms with Crippen LogP contribution in [0.25, 0.3) is 0 Å². The quantitative estimate of drug-likeness (QED) is 0.277. The number of carboxylic acid groups (broad SMARTS) is 1. The number of carbonyl (C=O) groups is 1. The fourth-order valence-electron chi connectivity index (χ4n) is 0.474. The maximum absolute atomic E-state index is 9.25.